The monoisotopic (exact) mass is 415 g/mol. The molecule has 106 valence electrons. The second-order valence-electron chi connectivity index (χ2n) is 4.86. The van der Waals surface area contributed by atoms with E-state index in [0.717, 1.165) is 36.2 Å². The predicted molar refractivity (Wildman–Crippen MR) is 90.9 cm³/mol. The van der Waals surface area contributed by atoms with Crippen molar-refractivity contribution in [3.63, 3.8) is 0 Å². The van der Waals surface area contributed by atoms with Gasteiger partial charge >= 0.3 is 0 Å². The van der Waals surface area contributed by atoms with Gasteiger partial charge in [-0.3, -0.25) is 0 Å². The van der Waals surface area contributed by atoms with Crippen molar-refractivity contribution in [3.8, 4) is 5.75 Å². The van der Waals surface area contributed by atoms with Crippen molar-refractivity contribution in [1.82, 2.24) is 5.32 Å². The zero-order valence-electron chi connectivity index (χ0n) is 10.9. The van der Waals surface area contributed by atoms with Crippen LogP contribution in [0.5, 0.6) is 5.75 Å². The van der Waals surface area contributed by atoms with Gasteiger partial charge in [0.2, 0.25) is 0 Å². The van der Waals surface area contributed by atoms with Crippen LogP contribution in [0.15, 0.2) is 38.6 Å². The number of halogens is 2. The standard InChI is InChI=1S/C15H15Br2NOS/c16-11-1-3-14-10(7-11)8-12(19-14)9-18-6-5-13-2-4-15(17)20-13/h1-4,7,12,18H,5-6,8-9H2. The van der Waals surface area contributed by atoms with Crippen LogP contribution in [0.4, 0.5) is 0 Å². The highest BCUT2D eigenvalue weighted by Crippen LogP contribution is 2.30. The average molecular weight is 417 g/mol. The van der Waals surface area contributed by atoms with Gasteiger partial charge in [0.25, 0.3) is 0 Å². The van der Waals surface area contributed by atoms with Crippen molar-refractivity contribution in [1.29, 1.82) is 0 Å². The van der Waals surface area contributed by atoms with E-state index in [1.54, 1.807) is 11.3 Å². The van der Waals surface area contributed by atoms with Crippen molar-refractivity contribution in [2.45, 2.75) is 18.9 Å². The number of nitrogens with one attached hydrogen (secondary N) is 1. The minimum atomic E-state index is 0.259. The van der Waals surface area contributed by atoms with Crippen molar-refractivity contribution in [2.75, 3.05) is 13.1 Å². The Kier molecular flexibility index (Phi) is 4.81. The van der Waals surface area contributed by atoms with Crippen LogP contribution in [0.2, 0.25) is 0 Å². The lowest BCUT2D eigenvalue weighted by molar-refractivity contribution is 0.228. The summed E-state index contributed by atoms with van der Waals surface area (Å²) in [6.45, 7) is 1.89. The summed E-state index contributed by atoms with van der Waals surface area (Å²) in [6, 6.07) is 10.5. The number of ether oxygens (including phenoxy) is 1. The molecular formula is C15H15Br2NOS. The first-order chi connectivity index (χ1) is 9.70. The third kappa shape index (κ3) is 3.64. The lowest BCUT2D eigenvalue weighted by Crippen LogP contribution is -2.31. The molecule has 1 aliphatic rings. The van der Waals surface area contributed by atoms with Gasteiger partial charge in [0.1, 0.15) is 11.9 Å². The number of fused-ring (bicyclic) bond motifs is 1. The average Bonchev–Trinajstić information content (AvgIpc) is 3.00. The summed E-state index contributed by atoms with van der Waals surface area (Å²) in [4.78, 5) is 1.41. The van der Waals surface area contributed by atoms with Crippen LogP contribution in [0.3, 0.4) is 0 Å². The smallest absolute Gasteiger partial charge is 0.123 e. The van der Waals surface area contributed by atoms with Crippen LogP contribution < -0.4 is 10.1 Å². The molecule has 0 saturated heterocycles. The first-order valence-corrected chi connectivity index (χ1v) is 9.01. The van der Waals surface area contributed by atoms with Crippen LogP contribution in [0.25, 0.3) is 0 Å². The van der Waals surface area contributed by atoms with E-state index < -0.39 is 0 Å². The van der Waals surface area contributed by atoms with Gasteiger partial charge in [0, 0.05) is 28.9 Å². The van der Waals surface area contributed by atoms with Crippen LogP contribution in [-0.4, -0.2) is 19.2 Å². The summed E-state index contributed by atoms with van der Waals surface area (Å²) >= 11 is 8.80. The normalized spacial score (nSPS) is 17.0. The lowest BCUT2D eigenvalue weighted by Gasteiger charge is -2.11. The molecule has 5 heteroatoms. The fourth-order valence-electron chi connectivity index (χ4n) is 2.36. The molecule has 0 saturated carbocycles. The summed E-state index contributed by atoms with van der Waals surface area (Å²) < 4.78 is 8.25. The van der Waals surface area contributed by atoms with E-state index in [4.69, 9.17) is 4.74 Å². The Balaban J connectivity index is 1.42. The summed E-state index contributed by atoms with van der Waals surface area (Å²) in [6.07, 6.45) is 2.32. The maximum atomic E-state index is 5.93. The van der Waals surface area contributed by atoms with E-state index in [0.29, 0.717) is 0 Å². The molecule has 0 bridgehead atoms. The van der Waals surface area contributed by atoms with Crippen LogP contribution in [0.1, 0.15) is 10.4 Å². The number of hydrogen-bond donors (Lipinski definition) is 1. The molecule has 2 nitrogen and oxygen atoms in total. The van der Waals surface area contributed by atoms with E-state index in [2.05, 4.69) is 55.4 Å². The van der Waals surface area contributed by atoms with Crippen molar-refractivity contribution in [2.24, 2.45) is 0 Å². The topological polar surface area (TPSA) is 21.3 Å². The maximum Gasteiger partial charge on any atom is 0.123 e. The first kappa shape index (κ1) is 14.6. The molecule has 0 fully saturated rings. The second-order valence-corrected chi connectivity index (χ2v) is 8.32. The van der Waals surface area contributed by atoms with E-state index in [1.807, 2.05) is 12.1 Å². The fraction of sp³-hybridized carbons (Fsp3) is 0.333. The molecule has 0 spiro atoms. The molecule has 2 aromatic rings. The molecule has 0 aliphatic carbocycles. The van der Waals surface area contributed by atoms with E-state index >= 15 is 0 Å². The molecular weight excluding hydrogens is 402 g/mol. The van der Waals surface area contributed by atoms with E-state index in [9.17, 15) is 0 Å². The number of benzene rings is 1. The minimum Gasteiger partial charge on any atom is -0.488 e. The lowest BCUT2D eigenvalue weighted by atomic mass is 10.1. The molecule has 1 aromatic heterocycles. The van der Waals surface area contributed by atoms with Gasteiger partial charge in [0.05, 0.1) is 3.79 Å². The highest BCUT2D eigenvalue weighted by molar-refractivity contribution is 9.11. The van der Waals surface area contributed by atoms with E-state index in [1.165, 1.54) is 14.2 Å². The predicted octanol–water partition coefficient (Wildman–Crippen LogP) is 4.41. The van der Waals surface area contributed by atoms with Gasteiger partial charge in [-0.1, -0.05) is 15.9 Å². The molecule has 3 rings (SSSR count). The zero-order valence-corrected chi connectivity index (χ0v) is 14.9. The largest absolute Gasteiger partial charge is 0.488 e. The highest BCUT2D eigenvalue weighted by Gasteiger charge is 2.22. The Morgan fingerprint density at radius 2 is 2.15 bits per heavy atom. The number of hydrogen-bond acceptors (Lipinski definition) is 3. The molecule has 1 N–H and O–H groups in total. The first-order valence-electron chi connectivity index (χ1n) is 6.61. The molecule has 0 amide bonds. The molecule has 20 heavy (non-hydrogen) atoms. The number of thiophene rings is 1. The Labute approximate surface area is 139 Å². The Hall–Kier alpha value is -0.360. The van der Waals surface area contributed by atoms with Crippen molar-refractivity contribution < 1.29 is 4.74 Å². The summed E-state index contributed by atoms with van der Waals surface area (Å²) in [5.74, 6) is 1.03. The molecule has 1 aromatic carbocycles. The zero-order chi connectivity index (χ0) is 13.9. The minimum absolute atomic E-state index is 0.259. The fourth-order valence-corrected chi connectivity index (χ4v) is 4.25. The molecule has 1 atom stereocenters. The van der Waals surface area contributed by atoms with Gasteiger partial charge in [-0.2, -0.15) is 0 Å². The Bertz CT molecular complexity index is 599. The SMILES string of the molecule is Brc1ccc2c(c1)CC(CNCCc1ccc(Br)s1)O2. The van der Waals surface area contributed by atoms with Gasteiger partial charge in [-0.05, 0) is 58.2 Å². The van der Waals surface area contributed by atoms with Crippen molar-refractivity contribution >= 4 is 43.2 Å². The summed E-state index contributed by atoms with van der Waals surface area (Å²) in [5, 5.41) is 3.49. The van der Waals surface area contributed by atoms with Crippen molar-refractivity contribution in [3.05, 3.63) is 49.0 Å². The van der Waals surface area contributed by atoms with Crippen LogP contribution in [0, 0.1) is 0 Å². The molecule has 2 heterocycles. The summed E-state index contributed by atoms with van der Waals surface area (Å²) in [7, 11) is 0. The second kappa shape index (κ2) is 6.60. The number of rotatable bonds is 5. The maximum absolute atomic E-state index is 5.93. The highest BCUT2D eigenvalue weighted by atomic mass is 79.9. The van der Waals surface area contributed by atoms with Crippen LogP contribution in [-0.2, 0) is 12.8 Å². The van der Waals surface area contributed by atoms with Gasteiger partial charge in [-0.25, -0.2) is 0 Å². The third-order valence-electron chi connectivity index (χ3n) is 3.31. The Morgan fingerprint density at radius 1 is 1.25 bits per heavy atom. The molecule has 0 radical (unpaired) electrons. The van der Waals surface area contributed by atoms with Gasteiger partial charge in [-0.15, -0.1) is 11.3 Å². The molecule has 1 unspecified atom stereocenters. The Morgan fingerprint density at radius 3 is 2.95 bits per heavy atom. The van der Waals surface area contributed by atoms with Gasteiger partial charge in [0.15, 0.2) is 0 Å². The summed E-state index contributed by atoms with van der Waals surface area (Å²) in [5.41, 5.74) is 1.30. The van der Waals surface area contributed by atoms with Gasteiger partial charge < -0.3 is 10.1 Å². The third-order valence-corrected chi connectivity index (χ3v) is 5.49. The quantitative estimate of drug-likeness (QED) is 0.729. The van der Waals surface area contributed by atoms with E-state index in [-0.39, 0.29) is 6.10 Å². The molecule has 1 aliphatic heterocycles. The van der Waals surface area contributed by atoms with Crippen LogP contribution >= 0.6 is 43.2 Å².